The Morgan fingerprint density at radius 2 is 1.67 bits per heavy atom. The summed E-state index contributed by atoms with van der Waals surface area (Å²) in [6, 6.07) is 0.112. The Morgan fingerprint density at radius 3 is 2.36 bits per heavy atom. The van der Waals surface area contributed by atoms with Crippen molar-refractivity contribution in [3.8, 4) is 0 Å². The highest BCUT2D eigenvalue weighted by Gasteiger charge is 2.70. The van der Waals surface area contributed by atoms with E-state index in [2.05, 4.69) is 52.9 Å². The minimum absolute atomic E-state index is 0.0254. The fourth-order valence-corrected chi connectivity index (χ4v) is 11.7. The molecule has 1 heterocycles. The quantitative estimate of drug-likeness (QED) is 0.394. The molecule has 0 aromatic rings. The molecule has 0 bridgehead atoms. The number of ether oxygens (including phenoxy) is 2. The van der Waals surface area contributed by atoms with Gasteiger partial charge in [0.05, 0.1) is 26.2 Å². The Morgan fingerprint density at radius 1 is 0.952 bits per heavy atom. The third kappa shape index (κ3) is 4.18. The molecule has 5 aliphatic carbocycles. The van der Waals surface area contributed by atoms with Crippen molar-refractivity contribution in [1.82, 2.24) is 10.2 Å². The van der Waals surface area contributed by atoms with E-state index in [9.17, 15) is 14.4 Å². The first-order chi connectivity index (χ1) is 19.7. The Hall–Kier alpha value is -1.89. The summed E-state index contributed by atoms with van der Waals surface area (Å²) < 4.78 is 10.6. The molecule has 1 aliphatic heterocycles. The molecule has 7 heteroatoms. The summed E-state index contributed by atoms with van der Waals surface area (Å²) in [6.45, 7) is 16.9. The van der Waals surface area contributed by atoms with Crippen molar-refractivity contribution < 1.29 is 23.9 Å². The van der Waals surface area contributed by atoms with E-state index in [4.69, 9.17) is 9.47 Å². The van der Waals surface area contributed by atoms with Gasteiger partial charge in [0.1, 0.15) is 0 Å². The van der Waals surface area contributed by atoms with E-state index in [0.29, 0.717) is 38.0 Å². The van der Waals surface area contributed by atoms with Crippen molar-refractivity contribution >= 4 is 17.8 Å². The maximum atomic E-state index is 14.6. The molecule has 5 fully saturated rings. The van der Waals surface area contributed by atoms with Gasteiger partial charge in [0.2, 0.25) is 0 Å². The molecule has 6 aliphatic rings. The van der Waals surface area contributed by atoms with Gasteiger partial charge in [-0.1, -0.05) is 47.1 Å². The smallest absolute Gasteiger partial charge is 0.317 e. The molecule has 0 spiro atoms. The third-order valence-electron chi connectivity index (χ3n) is 14.4. The molecule has 234 valence electrons. The van der Waals surface area contributed by atoms with Crippen LogP contribution < -0.4 is 5.32 Å². The van der Waals surface area contributed by atoms with Crippen molar-refractivity contribution in [1.29, 1.82) is 0 Å². The lowest BCUT2D eigenvalue weighted by molar-refractivity contribution is -0.188. The monoisotopic (exact) mass is 582 g/mol. The Balaban J connectivity index is 1.31. The molecular formula is C35H54N2O5. The fourth-order valence-electron chi connectivity index (χ4n) is 11.7. The molecule has 2 amide bonds. The largest absolute Gasteiger partial charge is 0.469 e. The van der Waals surface area contributed by atoms with E-state index in [1.807, 2.05) is 4.90 Å². The second kappa shape index (κ2) is 10.1. The molecule has 0 aromatic heterocycles. The predicted molar refractivity (Wildman–Crippen MR) is 162 cm³/mol. The molecule has 42 heavy (non-hydrogen) atoms. The maximum Gasteiger partial charge on any atom is 0.317 e. The number of amides is 2. The maximum absolute atomic E-state index is 14.6. The topological polar surface area (TPSA) is 84.9 Å². The molecule has 4 unspecified atom stereocenters. The molecule has 6 rings (SSSR count). The van der Waals surface area contributed by atoms with Crippen LogP contribution in [0.4, 0.5) is 4.79 Å². The first kappa shape index (κ1) is 30.1. The number of morpholine rings is 1. The number of allylic oxidation sites excluding steroid dienone is 2. The minimum Gasteiger partial charge on any atom is -0.469 e. The average Bonchev–Trinajstić information content (AvgIpc) is 2.95. The SMILES string of the molecule is COC(=O)[C@H]1CC[C@]2(C)CC[C@]3(C)C(=CC(=O)C4[C@@]5(C)CCC(NC(=O)N6CCOCC6)C(C)(C)C5CC[C@]43C)C2C1. The lowest BCUT2D eigenvalue weighted by atomic mass is 9.33. The Bertz CT molecular complexity index is 1170. The number of nitrogens with zero attached hydrogens (tertiary/aromatic N) is 1. The second-order valence-electron chi connectivity index (χ2n) is 16.4. The van der Waals surface area contributed by atoms with E-state index < -0.39 is 0 Å². The highest BCUT2D eigenvalue weighted by Crippen LogP contribution is 2.74. The molecular weight excluding hydrogens is 528 g/mol. The Kier molecular flexibility index (Phi) is 7.23. The van der Waals surface area contributed by atoms with Gasteiger partial charge in [-0.2, -0.15) is 0 Å². The van der Waals surface area contributed by atoms with Crippen LogP contribution in [-0.4, -0.2) is 62.1 Å². The average molecular weight is 583 g/mol. The molecule has 0 aromatic carbocycles. The number of ketones is 1. The van der Waals surface area contributed by atoms with Crippen LogP contribution >= 0.6 is 0 Å². The zero-order valence-corrected chi connectivity index (χ0v) is 27.1. The number of carbonyl (C=O) groups excluding carboxylic acids is 3. The van der Waals surface area contributed by atoms with Gasteiger partial charge in [-0.3, -0.25) is 9.59 Å². The van der Waals surface area contributed by atoms with Gasteiger partial charge < -0.3 is 19.7 Å². The summed E-state index contributed by atoms with van der Waals surface area (Å²) in [6.07, 6.45) is 11.0. The second-order valence-corrected chi connectivity index (χ2v) is 16.4. The van der Waals surface area contributed by atoms with Gasteiger partial charge in [-0.25, -0.2) is 4.79 Å². The van der Waals surface area contributed by atoms with Crippen molar-refractivity contribution in [3.05, 3.63) is 11.6 Å². The number of fused-ring (bicyclic) bond motifs is 7. The zero-order chi connectivity index (χ0) is 30.3. The van der Waals surface area contributed by atoms with Crippen LogP contribution in [0.2, 0.25) is 0 Å². The van der Waals surface area contributed by atoms with Gasteiger partial charge in [0.25, 0.3) is 0 Å². The molecule has 7 nitrogen and oxygen atoms in total. The van der Waals surface area contributed by atoms with Gasteiger partial charge in [-0.15, -0.1) is 0 Å². The van der Waals surface area contributed by atoms with Crippen LogP contribution in [-0.2, 0) is 19.1 Å². The predicted octanol–water partition coefficient (Wildman–Crippen LogP) is 6.16. The number of carbonyl (C=O) groups is 3. The molecule has 4 saturated carbocycles. The van der Waals surface area contributed by atoms with Crippen molar-refractivity contribution in [2.24, 2.45) is 50.7 Å². The highest BCUT2D eigenvalue weighted by molar-refractivity contribution is 5.95. The lowest BCUT2D eigenvalue weighted by Crippen LogP contribution is -2.68. The van der Waals surface area contributed by atoms with Gasteiger partial charge in [0.15, 0.2) is 5.78 Å². The first-order valence-electron chi connectivity index (χ1n) is 16.7. The lowest BCUT2D eigenvalue weighted by Gasteiger charge is -2.70. The van der Waals surface area contributed by atoms with Crippen LogP contribution in [0.5, 0.6) is 0 Å². The van der Waals surface area contributed by atoms with E-state index in [0.717, 1.165) is 57.8 Å². The number of urea groups is 1. The summed E-state index contributed by atoms with van der Waals surface area (Å²) in [4.78, 5) is 42.3. The number of nitrogens with one attached hydrogen (secondary N) is 1. The molecule has 9 atom stereocenters. The van der Waals surface area contributed by atoms with E-state index >= 15 is 0 Å². The summed E-state index contributed by atoms with van der Waals surface area (Å²) in [7, 11) is 1.50. The molecule has 1 saturated heterocycles. The van der Waals surface area contributed by atoms with Crippen LogP contribution in [0.25, 0.3) is 0 Å². The third-order valence-corrected chi connectivity index (χ3v) is 14.4. The summed E-state index contributed by atoms with van der Waals surface area (Å²) >= 11 is 0. The summed E-state index contributed by atoms with van der Waals surface area (Å²) in [5.74, 6) is 0.716. The van der Waals surface area contributed by atoms with Gasteiger partial charge in [-0.05, 0) is 103 Å². The number of hydrogen-bond donors (Lipinski definition) is 1. The highest BCUT2D eigenvalue weighted by atomic mass is 16.5. The molecule has 0 radical (unpaired) electrons. The zero-order valence-electron chi connectivity index (χ0n) is 27.1. The van der Waals surface area contributed by atoms with Crippen molar-refractivity contribution in [3.63, 3.8) is 0 Å². The normalized spacial score (nSPS) is 46.3. The number of esters is 1. The van der Waals surface area contributed by atoms with Crippen molar-refractivity contribution in [2.45, 2.75) is 105 Å². The van der Waals surface area contributed by atoms with Crippen LogP contribution in [0.3, 0.4) is 0 Å². The standard InChI is InChI=1S/C35H54N2O5/c1-31(2)26-9-13-35(6)28(33(26,4)12-10-27(31)36-30(40)37-16-18-42-19-17-37)25(38)21-24-23-20-22(29(39)41-7)8-11-32(23,3)14-15-34(24,35)5/h21-23,26-28H,8-20H2,1-7H3,(H,36,40)/t22-,23?,26?,27?,28?,32+,33-,34+,35+/m0/s1. The van der Waals surface area contributed by atoms with Crippen molar-refractivity contribution in [2.75, 3.05) is 33.4 Å². The van der Waals surface area contributed by atoms with Gasteiger partial charge in [0, 0.05) is 25.0 Å². The van der Waals surface area contributed by atoms with E-state index in [1.165, 1.54) is 12.7 Å². The van der Waals surface area contributed by atoms with Crippen LogP contribution in [0, 0.1) is 50.7 Å². The van der Waals surface area contributed by atoms with Gasteiger partial charge >= 0.3 is 12.0 Å². The van der Waals surface area contributed by atoms with Crippen LogP contribution in [0.15, 0.2) is 11.6 Å². The summed E-state index contributed by atoms with van der Waals surface area (Å²) in [5, 5.41) is 3.42. The van der Waals surface area contributed by atoms with Crippen LogP contribution in [0.1, 0.15) is 99.3 Å². The summed E-state index contributed by atoms with van der Waals surface area (Å²) in [5.41, 5.74) is 1.04. The number of methoxy groups -OCH3 is 1. The fraction of sp³-hybridized carbons (Fsp3) is 0.857. The van der Waals surface area contributed by atoms with E-state index in [-0.39, 0.29) is 62.9 Å². The van der Waals surface area contributed by atoms with E-state index in [1.54, 1.807) is 0 Å². The first-order valence-corrected chi connectivity index (χ1v) is 16.7. The number of hydrogen-bond acceptors (Lipinski definition) is 5. The Labute approximate surface area is 252 Å². The number of rotatable bonds is 2. The minimum atomic E-state index is -0.126. The molecule has 1 N–H and O–H groups in total.